The van der Waals surface area contributed by atoms with E-state index in [4.69, 9.17) is 0 Å². The van der Waals surface area contributed by atoms with E-state index in [-0.39, 0.29) is 0 Å². The molecule has 0 atom stereocenters. The van der Waals surface area contributed by atoms with Gasteiger partial charge < -0.3 is 14.2 Å². The standard InChI is InChI=1S/C15H16N4O/c1-18-8-6-16-14(18)10-15-17-7-9-19(15)11-12-4-2-3-5-13(12)20/h2-9,20H,10-11H2,1H3. The molecule has 5 nitrogen and oxygen atoms in total. The summed E-state index contributed by atoms with van der Waals surface area (Å²) in [6.07, 6.45) is 8.07. The smallest absolute Gasteiger partial charge is 0.120 e. The Bertz CT molecular complexity index is 714. The van der Waals surface area contributed by atoms with Crippen LogP contribution in [0.2, 0.25) is 0 Å². The minimum absolute atomic E-state index is 0.309. The van der Waals surface area contributed by atoms with Crippen LogP contribution >= 0.6 is 0 Å². The fourth-order valence-corrected chi connectivity index (χ4v) is 2.19. The Morgan fingerprint density at radius 2 is 1.80 bits per heavy atom. The number of imidazole rings is 2. The van der Waals surface area contributed by atoms with Crippen LogP contribution in [0.3, 0.4) is 0 Å². The van der Waals surface area contributed by atoms with Gasteiger partial charge in [0.25, 0.3) is 0 Å². The molecule has 0 aliphatic rings. The van der Waals surface area contributed by atoms with Crippen LogP contribution in [0, 0.1) is 0 Å². The quantitative estimate of drug-likeness (QED) is 0.787. The number of hydrogen-bond donors (Lipinski definition) is 1. The maximum atomic E-state index is 9.85. The normalized spacial score (nSPS) is 10.8. The van der Waals surface area contributed by atoms with Gasteiger partial charge >= 0.3 is 0 Å². The molecule has 102 valence electrons. The fourth-order valence-electron chi connectivity index (χ4n) is 2.19. The number of nitrogens with zero attached hydrogens (tertiary/aromatic N) is 4. The first-order valence-corrected chi connectivity index (χ1v) is 6.47. The topological polar surface area (TPSA) is 55.9 Å². The second-order valence-corrected chi connectivity index (χ2v) is 4.73. The summed E-state index contributed by atoms with van der Waals surface area (Å²) in [7, 11) is 1.97. The number of phenols is 1. The Hall–Kier alpha value is -2.56. The van der Waals surface area contributed by atoms with Gasteiger partial charge in [0, 0.05) is 37.4 Å². The molecule has 0 amide bonds. The van der Waals surface area contributed by atoms with Gasteiger partial charge in [0.15, 0.2) is 0 Å². The Balaban J connectivity index is 1.84. The van der Waals surface area contributed by atoms with E-state index in [1.165, 1.54) is 0 Å². The van der Waals surface area contributed by atoms with Crippen molar-refractivity contribution in [1.82, 2.24) is 19.1 Å². The lowest BCUT2D eigenvalue weighted by Gasteiger charge is -2.09. The summed E-state index contributed by atoms with van der Waals surface area (Å²) >= 11 is 0. The molecule has 20 heavy (non-hydrogen) atoms. The molecule has 2 heterocycles. The minimum atomic E-state index is 0.309. The lowest BCUT2D eigenvalue weighted by atomic mass is 10.2. The van der Waals surface area contributed by atoms with Crippen LogP contribution in [-0.2, 0) is 20.0 Å². The Labute approximate surface area is 117 Å². The number of aromatic hydroxyl groups is 1. The van der Waals surface area contributed by atoms with Crippen molar-refractivity contribution >= 4 is 0 Å². The third kappa shape index (κ3) is 2.42. The Kier molecular flexibility index (Phi) is 3.25. The molecule has 1 N–H and O–H groups in total. The zero-order chi connectivity index (χ0) is 13.9. The third-order valence-electron chi connectivity index (χ3n) is 3.37. The van der Waals surface area contributed by atoms with E-state index in [1.54, 1.807) is 18.5 Å². The van der Waals surface area contributed by atoms with Crippen LogP contribution in [0.25, 0.3) is 0 Å². The molecule has 0 spiro atoms. The summed E-state index contributed by atoms with van der Waals surface area (Å²) in [5, 5.41) is 9.85. The first kappa shape index (κ1) is 12.5. The van der Waals surface area contributed by atoms with Crippen molar-refractivity contribution in [2.45, 2.75) is 13.0 Å². The number of hydrogen-bond acceptors (Lipinski definition) is 3. The molecule has 2 aromatic heterocycles. The number of aromatic nitrogens is 4. The van der Waals surface area contributed by atoms with Crippen LogP contribution in [0.5, 0.6) is 5.75 Å². The molecule has 3 rings (SSSR count). The molecule has 5 heteroatoms. The molecule has 0 saturated carbocycles. The Morgan fingerprint density at radius 3 is 2.55 bits per heavy atom. The second kappa shape index (κ2) is 5.21. The molecule has 0 unspecified atom stereocenters. The Morgan fingerprint density at radius 1 is 1.05 bits per heavy atom. The highest BCUT2D eigenvalue weighted by Gasteiger charge is 2.09. The first-order valence-electron chi connectivity index (χ1n) is 6.47. The van der Waals surface area contributed by atoms with Crippen LogP contribution < -0.4 is 0 Å². The molecule has 0 aliphatic carbocycles. The van der Waals surface area contributed by atoms with Crippen molar-refractivity contribution in [3.63, 3.8) is 0 Å². The van der Waals surface area contributed by atoms with Gasteiger partial charge in [-0.3, -0.25) is 0 Å². The van der Waals surface area contributed by atoms with Gasteiger partial charge in [-0.25, -0.2) is 9.97 Å². The molecule has 0 fully saturated rings. The average Bonchev–Trinajstić information content (AvgIpc) is 3.04. The summed E-state index contributed by atoms with van der Waals surface area (Å²) in [4.78, 5) is 8.70. The molecule has 0 radical (unpaired) electrons. The van der Waals surface area contributed by atoms with E-state index < -0.39 is 0 Å². The van der Waals surface area contributed by atoms with Crippen LogP contribution in [-0.4, -0.2) is 24.2 Å². The minimum Gasteiger partial charge on any atom is -0.508 e. The van der Waals surface area contributed by atoms with Crippen molar-refractivity contribution in [3.8, 4) is 5.75 Å². The molecule has 0 saturated heterocycles. The molecule has 3 aromatic rings. The van der Waals surface area contributed by atoms with Crippen LogP contribution in [0.4, 0.5) is 0 Å². The van der Waals surface area contributed by atoms with Crippen molar-refractivity contribution in [3.05, 3.63) is 66.3 Å². The van der Waals surface area contributed by atoms with Crippen molar-refractivity contribution in [2.24, 2.45) is 7.05 Å². The maximum absolute atomic E-state index is 9.85. The maximum Gasteiger partial charge on any atom is 0.120 e. The van der Waals surface area contributed by atoms with Crippen molar-refractivity contribution < 1.29 is 5.11 Å². The fraction of sp³-hybridized carbons (Fsp3) is 0.200. The summed E-state index contributed by atoms with van der Waals surface area (Å²) in [6, 6.07) is 7.36. The highest BCUT2D eigenvalue weighted by Crippen LogP contribution is 2.18. The first-order chi connectivity index (χ1) is 9.74. The summed E-state index contributed by atoms with van der Waals surface area (Å²) in [5.74, 6) is 2.21. The molecule has 1 aromatic carbocycles. The van der Waals surface area contributed by atoms with Gasteiger partial charge in [-0.2, -0.15) is 0 Å². The number of para-hydroxylation sites is 1. The van der Waals surface area contributed by atoms with E-state index in [0.29, 0.717) is 18.7 Å². The zero-order valence-electron chi connectivity index (χ0n) is 11.3. The van der Waals surface area contributed by atoms with E-state index in [0.717, 1.165) is 17.2 Å². The predicted molar refractivity (Wildman–Crippen MR) is 75.4 cm³/mol. The zero-order valence-corrected chi connectivity index (χ0v) is 11.3. The van der Waals surface area contributed by atoms with Crippen LogP contribution in [0.1, 0.15) is 17.2 Å². The van der Waals surface area contributed by atoms with E-state index in [2.05, 4.69) is 9.97 Å². The van der Waals surface area contributed by atoms with Crippen molar-refractivity contribution in [2.75, 3.05) is 0 Å². The number of rotatable bonds is 4. The summed E-state index contributed by atoms with van der Waals surface area (Å²) in [6.45, 7) is 0.604. The molecular weight excluding hydrogens is 252 g/mol. The van der Waals surface area contributed by atoms with E-state index in [9.17, 15) is 5.11 Å². The van der Waals surface area contributed by atoms with Crippen LogP contribution in [0.15, 0.2) is 49.1 Å². The van der Waals surface area contributed by atoms with Gasteiger partial charge in [-0.05, 0) is 6.07 Å². The van der Waals surface area contributed by atoms with Gasteiger partial charge in [0.2, 0.25) is 0 Å². The second-order valence-electron chi connectivity index (χ2n) is 4.73. The van der Waals surface area contributed by atoms with Crippen molar-refractivity contribution in [1.29, 1.82) is 0 Å². The molecule has 0 bridgehead atoms. The monoisotopic (exact) mass is 268 g/mol. The summed E-state index contributed by atoms with van der Waals surface area (Å²) in [5.41, 5.74) is 0.881. The number of phenolic OH excluding ortho intramolecular Hbond substituents is 1. The lowest BCUT2D eigenvalue weighted by molar-refractivity contribution is 0.465. The predicted octanol–water partition coefficient (Wildman–Crippen LogP) is 1.96. The lowest BCUT2D eigenvalue weighted by Crippen LogP contribution is -2.08. The van der Waals surface area contributed by atoms with Gasteiger partial charge in [-0.1, -0.05) is 18.2 Å². The average molecular weight is 268 g/mol. The van der Waals surface area contributed by atoms with E-state index >= 15 is 0 Å². The van der Waals surface area contributed by atoms with Gasteiger partial charge in [0.1, 0.15) is 17.4 Å². The third-order valence-corrected chi connectivity index (χ3v) is 3.37. The highest BCUT2D eigenvalue weighted by atomic mass is 16.3. The SMILES string of the molecule is Cn1ccnc1Cc1nccn1Cc1ccccc1O. The largest absolute Gasteiger partial charge is 0.508 e. The number of benzene rings is 1. The van der Waals surface area contributed by atoms with E-state index in [1.807, 2.05) is 46.8 Å². The van der Waals surface area contributed by atoms with Gasteiger partial charge in [0.05, 0.1) is 13.0 Å². The molecule has 0 aliphatic heterocycles. The highest BCUT2D eigenvalue weighted by molar-refractivity contribution is 5.32. The number of aryl methyl sites for hydroxylation is 1. The summed E-state index contributed by atoms with van der Waals surface area (Å²) < 4.78 is 4.02. The van der Waals surface area contributed by atoms with Gasteiger partial charge in [-0.15, -0.1) is 0 Å². The molecular formula is C15H16N4O.